The van der Waals surface area contributed by atoms with E-state index in [4.69, 9.17) is 9.47 Å². The largest absolute Gasteiger partial charge is 0.378 e. The van der Waals surface area contributed by atoms with Crippen LogP contribution in [0, 0.1) is 0 Å². The molecule has 1 N–H and O–H groups in total. The van der Waals surface area contributed by atoms with Crippen LogP contribution in [-0.2, 0) is 29.0 Å². The van der Waals surface area contributed by atoms with Crippen molar-refractivity contribution in [2.45, 2.75) is 39.0 Å². The van der Waals surface area contributed by atoms with Crippen LogP contribution in [0.4, 0.5) is 0 Å². The molecule has 3 rings (SSSR count). The summed E-state index contributed by atoms with van der Waals surface area (Å²) in [5.74, 6) is 1.70. The number of nitrogens with one attached hydrogen (secondary N) is 1. The van der Waals surface area contributed by atoms with E-state index in [2.05, 4.69) is 37.4 Å². The molecule has 0 amide bonds. The quantitative estimate of drug-likeness (QED) is 0.832. The number of hydrogen-bond acceptors (Lipinski definition) is 7. The molecule has 8 heteroatoms. The van der Waals surface area contributed by atoms with Crippen molar-refractivity contribution in [3.8, 4) is 0 Å². The maximum absolute atomic E-state index is 5.84. The number of hydrogen-bond donors (Lipinski definition) is 1. The van der Waals surface area contributed by atoms with Crippen LogP contribution in [-0.4, -0.2) is 51.9 Å². The van der Waals surface area contributed by atoms with Gasteiger partial charge in [-0.05, 0) is 6.42 Å². The summed E-state index contributed by atoms with van der Waals surface area (Å²) >= 11 is 1.64. The van der Waals surface area contributed by atoms with E-state index in [1.165, 1.54) is 0 Å². The van der Waals surface area contributed by atoms with Gasteiger partial charge in [0.2, 0.25) is 0 Å². The summed E-state index contributed by atoms with van der Waals surface area (Å²) in [4.78, 5) is 11.5. The minimum Gasteiger partial charge on any atom is -0.378 e. The van der Waals surface area contributed by atoms with Gasteiger partial charge in [-0.1, -0.05) is 6.92 Å². The van der Waals surface area contributed by atoms with Crippen LogP contribution in [0.2, 0.25) is 0 Å². The van der Waals surface area contributed by atoms with Crippen LogP contribution in [0.5, 0.6) is 0 Å². The maximum atomic E-state index is 5.84. The molecule has 0 aliphatic carbocycles. The molecule has 0 spiro atoms. The van der Waals surface area contributed by atoms with Crippen LogP contribution in [0.25, 0.3) is 0 Å². The number of nitrogens with zero attached hydrogens (tertiary/aromatic N) is 4. The molecule has 7 nitrogen and oxygen atoms in total. The van der Waals surface area contributed by atoms with E-state index >= 15 is 0 Å². The number of aryl methyl sites for hydroxylation is 1. The first-order valence-corrected chi connectivity index (χ1v) is 8.83. The summed E-state index contributed by atoms with van der Waals surface area (Å²) in [5, 5.41) is 10.4. The van der Waals surface area contributed by atoms with Gasteiger partial charge in [0.1, 0.15) is 16.9 Å². The zero-order valence-electron chi connectivity index (χ0n) is 13.6. The number of rotatable bonds is 7. The highest BCUT2D eigenvalue weighted by Gasteiger charge is 2.25. The Hall–Kier alpha value is -1.35. The average Bonchev–Trinajstić information content (AvgIpc) is 3.18. The summed E-state index contributed by atoms with van der Waals surface area (Å²) in [7, 11) is 1.69. The van der Waals surface area contributed by atoms with Gasteiger partial charge in [-0.15, -0.1) is 11.3 Å². The van der Waals surface area contributed by atoms with Crippen LogP contribution in [0.15, 0.2) is 5.38 Å². The molecule has 1 saturated heterocycles. The second-order valence-electron chi connectivity index (χ2n) is 5.65. The molecular formula is C15H23N5O2S. The Morgan fingerprint density at radius 3 is 3.22 bits per heavy atom. The van der Waals surface area contributed by atoms with E-state index in [-0.39, 0.29) is 6.10 Å². The van der Waals surface area contributed by atoms with E-state index in [0.717, 1.165) is 54.8 Å². The molecule has 1 fully saturated rings. The lowest BCUT2D eigenvalue weighted by molar-refractivity contribution is -0.0374. The van der Waals surface area contributed by atoms with Gasteiger partial charge in [0.05, 0.1) is 18.9 Å². The topological polar surface area (TPSA) is 76.2 Å². The summed E-state index contributed by atoms with van der Waals surface area (Å²) in [5.41, 5.74) is 1.09. The zero-order valence-corrected chi connectivity index (χ0v) is 14.4. The molecule has 1 aliphatic rings. The third kappa shape index (κ3) is 4.35. The first-order valence-electron chi connectivity index (χ1n) is 7.95. The summed E-state index contributed by atoms with van der Waals surface area (Å²) < 4.78 is 11.0. The maximum Gasteiger partial charge on any atom is 0.180 e. The number of methoxy groups -OCH3 is 1. The van der Waals surface area contributed by atoms with Gasteiger partial charge in [0.25, 0.3) is 0 Å². The average molecular weight is 337 g/mol. The number of ether oxygens (including phenoxy) is 2. The Labute approximate surface area is 140 Å². The third-order valence-corrected chi connectivity index (χ3v) is 4.60. The van der Waals surface area contributed by atoms with Crippen LogP contribution in [0.3, 0.4) is 0 Å². The normalized spacial score (nSPS) is 19.3. The fourth-order valence-electron chi connectivity index (χ4n) is 2.65. The van der Waals surface area contributed by atoms with E-state index in [0.29, 0.717) is 13.2 Å². The van der Waals surface area contributed by atoms with Crippen molar-refractivity contribution in [1.82, 2.24) is 25.1 Å². The lowest BCUT2D eigenvalue weighted by Gasteiger charge is -2.30. The van der Waals surface area contributed by atoms with Crippen LogP contribution < -0.4 is 0 Å². The SMILES string of the molecule is CCCc1nc([C@H]2CN(Cc3csc(COC)n3)CCO2)n[nH]1. The number of aromatic amines is 1. The Morgan fingerprint density at radius 1 is 1.48 bits per heavy atom. The van der Waals surface area contributed by atoms with Crippen LogP contribution >= 0.6 is 11.3 Å². The van der Waals surface area contributed by atoms with Crippen molar-refractivity contribution in [2.75, 3.05) is 26.8 Å². The Kier molecular flexibility index (Phi) is 5.71. The highest BCUT2D eigenvalue weighted by Crippen LogP contribution is 2.21. The van der Waals surface area contributed by atoms with Crippen molar-refractivity contribution in [1.29, 1.82) is 0 Å². The lowest BCUT2D eigenvalue weighted by atomic mass is 10.2. The van der Waals surface area contributed by atoms with E-state index in [1.54, 1.807) is 18.4 Å². The molecule has 2 aromatic rings. The first kappa shape index (κ1) is 16.5. The molecular weight excluding hydrogens is 314 g/mol. The van der Waals surface area contributed by atoms with Crippen molar-refractivity contribution < 1.29 is 9.47 Å². The molecule has 126 valence electrons. The summed E-state index contributed by atoms with van der Waals surface area (Å²) in [6.45, 7) is 5.92. The fraction of sp³-hybridized carbons (Fsp3) is 0.667. The monoisotopic (exact) mass is 337 g/mol. The standard InChI is InChI=1S/C15H23N5O2S/c1-3-4-13-17-15(19-18-13)12-8-20(5-6-22-12)7-11-10-23-14(16-11)9-21-2/h10,12H,3-9H2,1-2H3,(H,17,18,19)/t12-/m1/s1. The molecule has 0 unspecified atom stereocenters. The smallest absolute Gasteiger partial charge is 0.180 e. The Bertz CT molecular complexity index is 615. The predicted octanol–water partition coefficient (Wildman–Crippen LogP) is 1.93. The van der Waals surface area contributed by atoms with Crippen molar-refractivity contribution >= 4 is 11.3 Å². The van der Waals surface area contributed by atoms with Gasteiger partial charge in [0, 0.05) is 38.5 Å². The van der Waals surface area contributed by atoms with Gasteiger partial charge in [-0.3, -0.25) is 10.00 Å². The summed E-state index contributed by atoms with van der Waals surface area (Å²) in [6.07, 6.45) is 1.91. The lowest BCUT2D eigenvalue weighted by Crippen LogP contribution is -2.38. The third-order valence-electron chi connectivity index (χ3n) is 3.73. The Balaban J connectivity index is 1.58. The highest BCUT2D eigenvalue weighted by molar-refractivity contribution is 7.09. The molecule has 0 saturated carbocycles. The molecule has 2 aromatic heterocycles. The Morgan fingerprint density at radius 2 is 2.39 bits per heavy atom. The van der Waals surface area contributed by atoms with Crippen LogP contribution in [0.1, 0.15) is 41.8 Å². The number of morpholine rings is 1. The first-order chi connectivity index (χ1) is 11.3. The zero-order chi connectivity index (χ0) is 16.1. The number of thiazole rings is 1. The minimum absolute atomic E-state index is 0.0670. The molecule has 1 atom stereocenters. The van der Waals surface area contributed by atoms with E-state index in [1.807, 2.05) is 0 Å². The van der Waals surface area contributed by atoms with Gasteiger partial charge < -0.3 is 9.47 Å². The predicted molar refractivity (Wildman–Crippen MR) is 87.2 cm³/mol. The van der Waals surface area contributed by atoms with Gasteiger partial charge in [-0.2, -0.15) is 5.10 Å². The van der Waals surface area contributed by atoms with E-state index in [9.17, 15) is 0 Å². The van der Waals surface area contributed by atoms with Crippen molar-refractivity contribution in [2.24, 2.45) is 0 Å². The second-order valence-corrected chi connectivity index (χ2v) is 6.59. The minimum atomic E-state index is -0.0670. The molecule has 3 heterocycles. The molecule has 0 aromatic carbocycles. The van der Waals surface area contributed by atoms with E-state index < -0.39 is 0 Å². The van der Waals surface area contributed by atoms with Crippen molar-refractivity contribution in [3.63, 3.8) is 0 Å². The number of H-pyrrole nitrogens is 1. The number of aromatic nitrogens is 4. The fourth-order valence-corrected chi connectivity index (χ4v) is 3.40. The molecule has 0 radical (unpaired) electrons. The second kappa shape index (κ2) is 7.96. The van der Waals surface area contributed by atoms with Gasteiger partial charge in [-0.25, -0.2) is 9.97 Å². The summed E-state index contributed by atoms with van der Waals surface area (Å²) in [6, 6.07) is 0. The van der Waals surface area contributed by atoms with Crippen molar-refractivity contribution in [3.05, 3.63) is 27.7 Å². The van der Waals surface area contributed by atoms with Gasteiger partial charge >= 0.3 is 0 Å². The molecule has 0 bridgehead atoms. The highest BCUT2D eigenvalue weighted by atomic mass is 32.1. The molecule has 1 aliphatic heterocycles. The molecule has 23 heavy (non-hydrogen) atoms. The van der Waals surface area contributed by atoms with Gasteiger partial charge in [0.15, 0.2) is 5.82 Å².